The quantitative estimate of drug-likeness (QED) is 0.529. The Morgan fingerprint density at radius 1 is 1.24 bits per heavy atom. The van der Waals surface area contributed by atoms with E-state index in [0.29, 0.717) is 6.54 Å². The molecule has 0 unspecified atom stereocenters. The maximum absolute atomic E-state index is 13.0. The summed E-state index contributed by atoms with van der Waals surface area (Å²) in [4.78, 5) is 8.90. The van der Waals surface area contributed by atoms with E-state index >= 15 is 0 Å². The lowest BCUT2D eigenvalue weighted by Crippen LogP contribution is -2.48. The highest BCUT2D eigenvalue weighted by Crippen LogP contribution is 2.54. The Bertz CT molecular complexity index is 987. The second kappa shape index (κ2) is 6.64. The fourth-order valence-corrected chi connectivity index (χ4v) is 4.18. The van der Waals surface area contributed by atoms with Gasteiger partial charge in [-0.1, -0.05) is 24.3 Å². The van der Waals surface area contributed by atoms with E-state index in [-0.39, 0.29) is 17.5 Å². The van der Waals surface area contributed by atoms with Gasteiger partial charge in [0.1, 0.15) is 6.04 Å². The molecule has 1 aliphatic carbocycles. The van der Waals surface area contributed by atoms with Crippen LogP contribution in [0.5, 0.6) is 11.5 Å². The van der Waals surface area contributed by atoms with Gasteiger partial charge in [0.15, 0.2) is 11.5 Å². The number of hydroxylamine groups is 3. The largest absolute Gasteiger partial charge is 0.633 e. The molecule has 0 radical (unpaired) electrons. The molecule has 0 aromatic heterocycles. The molecule has 0 spiro atoms. The van der Waals surface area contributed by atoms with E-state index in [9.17, 15) is 18.4 Å². The monoisotopic (exact) mass is 409 g/mol. The molecule has 29 heavy (non-hydrogen) atoms. The number of benzene rings is 2. The predicted octanol–water partition coefficient (Wildman–Crippen LogP) is 3.81. The third kappa shape index (κ3) is 3.30. The normalized spacial score (nSPS) is 23.4. The average molecular weight is 409 g/mol. The Hall–Kier alpha value is -2.78. The van der Waals surface area contributed by atoms with Gasteiger partial charge in [0.05, 0.1) is 13.6 Å². The van der Waals surface area contributed by atoms with Crippen LogP contribution in [0.4, 0.5) is 13.2 Å². The highest BCUT2D eigenvalue weighted by Gasteiger charge is 2.42. The van der Waals surface area contributed by atoms with Crippen molar-refractivity contribution in [3.05, 3.63) is 52.2 Å². The molecule has 1 N–H and O–H groups in total. The van der Waals surface area contributed by atoms with Crippen molar-refractivity contribution >= 4 is 5.97 Å². The van der Waals surface area contributed by atoms with E-state index in [1.165, 1.54) is 22.3 Å². The molecule has 154 valence electrons. The number of aliphatic carboxylic acids is 1. The number of halogens is 3. The Labute approximate surface area is 164 Å². The van der Waals surface area contributed by atoms with Crippen LogP contribution in [0.2, 0.25) is 0 Å². The maximum Gasteiger partial charge on any atom is 0.490 e. The van der Waals surface area contributed by atoms with Gasteiger partial charge < -0.3 is 24.4 Å². The Morgan fingerprint density at radius 3 is 2.62 bits per heavy atom. The van der Waals surface area contributed by atoms with Gasteiger partial charge in [-0.2, -0.15) is 13.2 Å². The van der Waals surface area contributed by atoms with Crippen LogP contribution in [-0.2, 0) is 17.6 Å². The number of carbonyl (C=O) groups is 1. The topological polar surface area (TPSA) is 78.8 Å². The van der Waals surface area contributed by atoms with Gasteiger partial charge in [-0.25, -0.2) is 4.79 Å². The standard InChI is InChI=1S/C18H17NO3.C2HF3O2/c1-19(20)7-6-12-9-15-18(22-10-21-15)17-13-5-3-2-4-11(13)8-14(19)16(12)17;3-2(4,5)1(6)7/h2-5,9,14H,6-8,10H2,1H3;(H,6,7)/t14-,19-;/m1./s1. The molecule has 2 aliphatic heterocycles. The fourth-order valence-electron chi connectivity index (χ4n) is 4.18. The van der Waals surface area contributed by atoms with Crippen LogP contribution in [0.25, 0.3) is 11.1 Å². The smallest absolute Gasteiger partial charge is 0.490 e. The molecule has 5 rings (SSSR count). The molecule has 0 amide bonds. The van der Waals surface area contributed by atoms with E-state index in [2.05, 4.69) is 24.3 Å². The van der Waals surface area contributed by atoms with Gasteiger partial charge in [0, 0.05) is 24.0 Å². The predicted molar refractivity (Wildman–Crippen MR) is 96.3 cm³/mol. The van der Waals surface area contributed by atoms with Crippen LogP contribution in [0.3, 0.4) is 0 Å². The molecule has 0 fully saturated rings. The molecule has 2 heterocycles. The van der Waals surface area contributed by atoms with Crippen molar-refractivity contribution in [1.29, 1.82) is 0 Å². The molecule has 6 nitrogen and oxygen atoms in total. The molecule has 0 saturated carbocycles. The first kappa shape index (κ1) is 19.5. The van der Waals surface area contributed by atoms with Gasteiger partial charge in [-0.05, 0) is 22.8 Å². The fraction of sp³-hybridized carbons (Fsp3) is 0.350. The van der Waals surface area contributed by atoms with Crippen molar-refractivity contribution in [2.75, 3.05) is 20.4 Å². The number of quaternary nitrogens is 1. The number of ether oxygens (including phenoxy) is 2. The lowest BCUT2D eigenvalue weighted by Gasteiger charge is -2.51. The summed E-state index contributed by atoms with van der Waals surface area (Å²) in [5, 5.41) is 20.1. The number of fused-ring (bicyclic) bond motifs is 4. The van der Waals surface area contributed by atoms with Crippen LogP contribution in [0, 0.1) is 5.21 Å². The van der Waals surface area contributed by atoms with E-state index in [1.807, 2.05) is 6.07 Å². The highest BCUT2D eigenvalue weighted by atomic mass is 19.4. The van der Waals surface area contributed by atoms with Crippen LogP contribution in [0.15, 0.2) is 30.3 Å². The van der Waals surface area contributed by atoms with Crippen LogP contribution in [0.1, 0.15) is 22.7 Å². The van der Waals surface area contributed by atoms with Crippen molar-refractivity contribution in [2.45, 2.75) is 25.1 Å². The Balaban J connectivity index is 0.000000255. The van der Waals surface area contributed by atoms with Crippen molar-refractivity contribution in [2.24, 2.45) is 0 Å². The zero-order valence-corrected chi connectivity index (χ0v) is 15.5. The van der Waals surface area contributed by atoms with E-state index in [4.69, 9.17) is 19.4 Å². The van der Waals surface area contributed by atoms with Crippen molar-refractivity contribution in [3.63, 3.8) is 0 Å². The molecule has 2 aromatic carbocycles. The lowest BCUT2D eigenvalue weighted by molar-refractivity contribution is -0.894. The second-order valence-electron chi connectivity index (χ2n) is 7.39. The number of alkyl halides is 3. The molecule has 0 bridgehead atoms. The van der Waals surface area contributed by atoms with Crippen LogP contribution < -0.4 is 9.47 Å². The molecule has 2 aromatic rings. The number of likely N-dealkylation sites (N-methyl/N-ethyl adjacent to an activating group) is 1. The van der Waals surface area contributed by atoms with Gasteiger partial charge in [-0.3, -0.25) is 0 Å². The van der Waals surface area contributed by atoms with Gasteiger partial charge in [-0.15, -0.1) is 0 Å². The summed E-state index contributed by atoms with van der Waals surface area (Å²) < 4.78 is 42.9. The minimum absolute atomic E-state index is 0.0388. The van der Waals surface area contributed by atoms with Crippen LogP contribution >= 0.6 is 0 Å². The third-order valence-electron chi connectivity index (χ3n) is 5.55. The maximum atomic E-state index is 13.0. The first-order valence-electron chi connectivity index (χ1n) is 8.99. The number of carboxylic acid groups (broad SMARTS) is 1. The summed E-state index contributed by atoms with van der Waals surface area (Å²) in [6.45, 7) is 0.889. The van der Waals surface area contributed by atoms with Gasteiger partial charge in [0.25, 0.3) is 0 Å². The summed E-state index contributed by atoms with van der Waals surface area (Å²) in [5.41, 5.74) is 5.96. The van der Waals surface area contributed by atoms with Crippen molar-refractivity contribution in [3.8, 4) is 22.6 Å². The number of hydrogen-bond acceptors (Lipinski definition) is 4. The summed E-state index contributed by atoms with van der Waals surface area (Å²) in [7, 11) is 1.80. The number of nitrogens with zero attached hydrogens (tertiary/aromatic N) is 1. The molecular weight excluding hydrogens is 391 g/mol. The number of hydrogen-bond donors (Lipinski definition) is 1. The Morgan fingerprint density at radius 2 is 1.93 bits per heavy atom. The second-order valence-corrected chi connectivity index (χ2v) is 7.39. The van der Waals surface area contributed by atoms with E-state index in [1.54, 1.807) is 7.05 Å². The lowest BCUT2D eigenvalue weighted by atomic mass is 9.76. The summed E-state index contributed by atoms with van der Waals surface area (Å²) in [6.07, 6.45) is -3.48. The summed E-state index contributed by atoms with van der Waals surface area (Å²) in [5.74, 6) is -1.11. The van der Waals surface area contributed by atoms with E-state index < -0.39 is 12.1 Å². The van der Waals surface area contributed by atoms with E-state index in [0.717, 1.165) is 29.9 Å². The van der Waals surface area contributed by atoms with Gasteiger partial charge in [0.2, 0.25) is 6.79 Å². The van der Waals surface area contributed by atoms with Crippen molar-refractivity contribution < 1.29 is 37.2 Å². The first-order chi connectivity index (χ1) is 13.6. The van der Waals surface area contributed by atoms with Gasteiger partial charge >= 0.3 is 12.1 Å². The number of carboxylic acids is 1. The minimum Gasteiger partial charge on any atom is -0.633 e. The molecule has 9 heteroatoms. The minimum atomic E-state index is -5.08. The third-order valence-corrected chi connectivity index (χ3v) is 5.55. The summed E-state index contributed by atoms with van der Waals surface area (Å²) >= 11 is 0. The molecule has 2 atom stereocenters. The zero-order chi connectivity index (χ0) is 21.0. The average Bonchev–Trinajstić information content (AvgIpc) is 3.12. The Kier molecular flexibility index (Phi) is 4.47. The zero-order valence-electron chi connectivity index (χ0n) is 15.5. The van der Waals surface area contributed by atoms with Crippen LogP contribution in [-0.4, -0.2) is 42.3 Å². The molecule has 0 saturated heterocycles. The molecule has 3 aliphatic rings. The molecular formula is C20H18F3NO5. The summed E-state index contributed by atoms with van der Waals surface area (Å²) in [6, 6.07) is 10.4. The first-order valence-corrected chi connectivity index (χ1v) is 8.99. The van der Waals surface area contributed by atoms with Crippen molar-refractivity contribution in [1.82, 2.24) is 0 Å². The highest BCUT2D eigenvalue weighted by molar-refractivity contribution is 5.83. The SMILES string of the molecule is C[N@@+]1([O-])CCc2cc3c(c4c2[C@H]1Cc1ccccc1-4)OCO3.O=C(O)C(F)(F)F. The number of rotatable bonds is 0.